The van der Waals surface area contributed by atoms with Crippen LogP contribution in [0.25, 0.3) is 10.6 Å². The molecule has 0 saturated carbocycles. The molecule has 7 nitrogen and oxygen atoms in total. The Balaban J connectivity index is 1.97. The largest absolute Gasteiger partial charge is 0.503 e. The molecule has 1 aliphatic rings. The molecule has 3 N–H and O–H groups in total. The second-order valence-electron chi connectivity index (χ2n) is 5.90. The summed E-state index contributed by atoms with van der Waals surface area (Å²) < 4.78 is 11.2. The summed E-state index contributed by atoms with van der Waals surface area (Å²) in [5.41, 5.74) is 2.16. The standard InChI is InChI=1S/C18H13BrN4O3S/c1-25-11-6-8(5-10(19)16(11)24)13-9(7-20)17(21)26-18-14(13)15(22-23-18)12-3-2-4-27-12/h2-6,9,13,21,24H,1H3,(H,22,23). The zero-order valence-corrected chi connectivity index (χ0v) is 16.4. The van der Waals surface area contributed by atoms with Crippen LogP contribution in [0.1, 0.15) is 17.0 Å². The van der Waals surface area contributed by atoms with Crippen LogP contribution in [-0.2, 0) is 0 Å². The molecule has 3 aromatic rings. The average Bonchev–Trinajstić information content (AvgIpc) is 3.32. The van der Waals surface area contributed by atoms with Gasteiger partial charge in [-0.25, -0.2) is 0 Å². The van der Waals surface area contributed by atoms with Crippen molar-refractivity contribution < 1.29 is 14.6 Å². The van der Waals surface area contributed by atoms with Gasteiger partial charge in [-0.1, -0.05) is 6.07 Å². The van der Waals surface area contributed by atoms with Crippen molar-refractivity contribution in [1.29, 1.82) is 10.7 Å². The van der Waals surface area contributed by atoms with Crippen molar-refractivity contribution in [1.82, 2.24) is 10.2 Å². The number of aromatic amines is 1. The lowest BCUT2D eigenvalue weighted by molar-refractivity contribution is 0.370. The van der Waals surface area contributed by atoms with Crippen LogP contribution in [0.2, 0.25) is 0 Å². The number of H-pyrrole nitrogens is 1. The predicted octanol–water partition coefficient (Wildman–Crippen LogP) is 4.26. The lowest BCUT2D eigenvalue weighted by Crippen LogP contribution is -2.30. The van der Waals surface area contributed by atoms with Gasteiger partial charge in [0.25, 0.3) is 0 Å². The number of ether oxygens (including phenoxy) is 2. The Morgan fingerprint density at radius 3 is 2.96 bits per heavy atom. The first-order chi connectivity index (χ1) is 13.0. The third kappa shape index (κ3) is 2.78. The number of fused-ring (bicyclic) bond motifs is 1. The lowest BCUT2D eigenvalue weighted by atomic mass is 9.79. The van der Waals surface area contributed by atoms with Gasteiger partial charge in [0.05, 0.1) is 33.8 Å². The van der Waals surface area contributed by atoms with Crippen LogP contribution in [0.5, 0.6) is 17.4 Å². The minimum absolute atomic E-state index is 0.0252. The second-order valence-corrected chi connectivity index (χ2v) is 7.70. The van der Waals surface area contributed by atoms with E-state index in [0.29, 0.717) is 15.6 Å². The molecule has 4 rings (SSSR count). The summed E-state index contributed by atoms with van der Waals surface area (Å²) in [6.45, 7) is 0. The first-order valence-electron chi connectivity index (χ1n) is 7.89. The first-order valence-corrected chi connectivity index (χ1v) is 9.56. The number of nitriles is 1. The van der Waals surface area contributed by atoms with Crippen molar-refractivity contribution in [2.45, 2.75) is 5.92 Å². The second kappa shape index (κ2) is 6.72. The van der Waals surface area contributed by atoms with Crippen LogP contribution in [-0.4, -0.2) is 28.3 Å². The van der Waals surface area contributed by atoms with Crippen molar-refractivity contribution >= 4 is 33.2 Å². The van der Waals surface area contributed by atoms with Gasteiger partial charge < -0.3 is 14.6 Å². The summed E-state index contributed by atoms with van der Waals surface area (Å²) in [6, 6.07) is 9.44. The highest BCUT2D eigenvalue weighted by Crippen LogP contribution is 2.48. The topological polar surface area (TPSA) is 115 Å². The van der Waals surface area contributed by atoms with E-state index in [4.69, 9.17) is 14.9 Å². The molecule has 0 fully saturated rings. The molecule has 0 aliphatic carbocycles. The Kier molecular flexibility index (Phi) is 4.37. The maximum absolute atomic E-state index is 10.1. The van der Waals surface area contributed by atoms with Gasteiger partial charge in [-0.05, 0) is 45.1 Å². The zero-order valence-electron chi connectivity index (χ0n) is 14.0. The summed E-state index contributed by atoms with van der Waals surface area (Å²) in [5.74, 6) is -0.979. The Bertz CT molecular complexity index is 1070. The molecule has 1 aromatic carbocycles. The summed E-state index contributed by atoms with van der Waals surface area (Å²) in [4.78, 5) is 0.951. The van der Waals surface area contributed by atoms with E-state index in [0.717, 1.165) is 10.6 Å². The number of rotatable bonds is 3. The van der Waals surface area contributed by atoms with Crippen molar-refractivity contribution in [3.8, 4) is 34.0 Å². The fourth-order valence-corrected chi connectivity index (χ4v) is 4.41. The Morgan fingerprint density at radius 1 is 1.48 bits per heavy atom. The Labute approximate surface area is 166 Å². The zero-order chi connectivity index (χ0) is 19.1. The number of phenolic OH excluding ortho intramolecular Hbond substituents is 1. The molecule has 136 valence electrons. The van der Waals surface area contributed by atoms with Crippen molar-refractivity contribution in [2.24, 2.45) is 5.92 Å². The third-order valence-corrected chi connectivity index (χ3v) is 5.93. The molecular formula is C18H13BrN4O3S. The molecule has 0 amide bonds. The van der Waals surface area contributed by atoms with Gasteiger partial charge in [0.1, 0.15) is 5.92 Å². The molecule has 0 radical (unpaired) electrons. The minimum atomic E-state index is -0.838. The molecule has 0 spiro atoms. The third-order valence-electron chi connectivity index (χ3n) is 4.44. The summed E-state index contributed by atoms with van der Waals surface area (Å²) in [7, 11) is 1.46. The van der Waals surface area contributed by atoms with E-state index in [9.17, 15) is 10.4 Å². The highest BCUT2D eigenvalue weighted by molar-refractivity contribution is 9.10. The predicted molar refractivity (Wildman–Crippen MR) is 104 cm³/mol. The van der Waals surface area contributed by atoms with Gasteiger partial charge in [-0.2, -0.15) is 5.26 Å². The van der Waals surface area contributed by atoms with E-state index in [1.165, 1.54) is 18.4 Å². The highest BCUT2D eigenvalue weighted by atomic mass is 79.9. The number of halogens is 1. The lowest BCUT2D eigenvalue weighted by Gasteiger charge is -2.28. The maximum atomic E-state index is 10.1. The van der Waals surface area contributed by atoms with E-state index in [-0.39, 0.29) is 23.3 Å². The molecule has 3 heterocycles. The maximum Gasteiger partial charge on any atom is 0.244 e. The van der Waals surface area contributed by atoms with Gasteiger partial charge >= 0.3 is 0 Å². The van der Waals surface area contributed by atoms with Crippen molar-refractivity contribution in [3.63, 3.8) is 0 Å². The molecule has 27 heavy (non-hydrogen) atoms. The molecule has 2 unspecified atom stereocenters. The fourth-order valence-electron chi connectivity index (χ4n) is 3.22. The Hall–Kier alpha value is -2.83. The number of phenols is 1. The number of hydrogen-bond acceptors (Lipinski definition) is 7. The van der Waals surface area contributed by atoms with Gasteiger partial charge in [0, 0.05) is 5.92 Å². The molecule has 1 aliphatic heterocycles. The quantitative estimate of drug-likeness (QED) is 0.558. The van der Waals surface area contributed by atoms with Crippen LogP contribution in [0, 0.1) is 22.7 Å². The van der Waals surface area contributed by atoms with Gasteiger partial charge in [0.2, 0.25) is 11.8 Å². The van der Waals surface area contributed by atoms with Gasteiger partial charge in [-0.15, -0.1) is 16.4 Å². The van der Waals surface area contributed by atoms with Gasteiger partial charge in [-0.3, -0.25) is 10.5 Å². The molecule has 0 bridgehead atoms. The number of aromatic nitrogens is 2. The van der Waals surface area contributed by atoms with Crippen molar-refractivity contribution in [3.05, 3.63) is 45.2 Å². The number of nitrogens with one attached hydrogen (secondary N) is 2. The van der Waals surface area contributed by atoms with Crippen LogP contribution in [0.3, 0.4) is 0 Å². The summed E-state index contributed by atoms with van der Waals surface area (Å²) in [6.07, 6.45) is 0. The summed E-state index contributed by atoms with van der Waals surface area (Å²) in [5, 5.41) is 37.1. The molecule has 2 aromatic heterocycles. The minimum Gasteiger partial charge on any atom is -0.503 e. The van der Waals surface area contributed by atoms with E-state index in [1.807, 2.05) is 17.5 Å². The Morgan fingerprint density at radius 2 is 2.30 bits per heavy atom. The van der Waals surface area contributed by atoms with Crippen LogP contribution >= 0.6 is 27.3 Å². The normalized spacial score (nSPS) is 18.5. The smallest absolute Gasteiger partial charge is 0.244 e. The van der Waals surface area contributed by atoms with Crippen LogP contribution in [0.15, 0.2) is 34.1 Å². The average molecular weight is 445 g/mol. The first kappa shape index (κ1) is 17.6. The molecule has 0 saturated heterocycles. The van der Waals surface area contributed by atoms with Crippen LogP contribution in [0.4, 0.5) is 0 Å². The van der Waals surface area contributed by atoms with Gasteiger partial charge in [0.15, 0.2) is 11.5 Å². The number of hydrogen-bond donors (Lipinski definition) is 3. The number of nitrogens with zero attached hydrogens (tertiary/aromatic N) is 2. The van der Waals surface area contributed by atoms with E-state index in [1.54, 1.807) is 12.1 Å². The molecule has 9 heteroatoms. The van der Waals surface area contributed by atoms with E-state index in [2.05, 4.69) is 32.2 Å². The number of benzene rings is 1. The van der Waals surface area contributed by atoms with Crippen LogP contribution < -0.4 is 9.47 Å². The van der Waals surface area contributed by atoms with Crippen molar-refractivity contribution in [2.75, 3.05) is 7.11 Å². The SMILES string of the molecule is COc1cc(C2c3c(n[nH]c3-c3cccs3)OC(=N)C2C#N)cc(Br)c1O. The molecular weight excluding hydrogens is 432 g/mol. The number of methoxy groups -OCH3 is 1. The number of thiophene rings is 1. The monoisotopic (exact) mass is 444 g/mol. The fraction of sp³-hybridized carbons (Fsp3) is 0.167. The van der Waals surface area contributed by atoms with E-state index >= 15 is 0 Å². The summed E-state index contributed by atoms with van der Waals surface area (Å²) >= 11 is 4.87. The highest BCUT2D eigenvalue weighted by Gasteiger charge is 2.41. The molecule has 2 atom stereocenters. The number of aromatic hydroxyl groups is 1. The van der Waals surface area contributed by atoms with E-state index < -0.39 is 11.8 Å².